The van der Waals surface area contributed by atoms with Crippen LogP contribution in [-0.4, -0.2) is 80.1 Å². The molecule has 1 aliphatic heterocycles. The Morgan fingerprint density at radius 1 is 1.12 bits per heavy atom. The fraction of sp³-hybridized carbons (Fsp3) is 0.267. The SMILES string of the molecule is C=CC(=O)N1CCN(c2ccc3ncnc(Nc4ccc(Oc5ccc6c(c5)nnn6C)c(C)c4)c3n2)C[C@@H]1COC. The molecule has 0 bridgehead atoms. The molecule has 4 heterocycles. The number of nitrogens with zero attached hydrogens (tertiary/aromatic N) is 8. The Bertz CT molecular complexity index is 1790. The molecule has 12 nitrogen and oxygen atoms in total. The van der Waals surface area contributed by atoms with Crippen molar-refractivity contribution >= 4 is 45.3 Å². The van der Waals surface area contributed by atoms with Crippen molar-refractivity contribution in [2.75, 3.05) is 43.6 Å². The minimum atomic E-state index is -0.109. The van der Waals surface area contributed by atoms with Gasteiger partial charge in [-0.2, -0.15) is 0 Å². The summed E-state index contributed by atoms with van der Waals surface area (Å²) in [5.41, 5.74) is 4.87. The molecule has 1 atom stereocenters. The molecule has 42 heavy (non-hydrogen) atoms. The lowest BCUT2D eigenvalue weighted by Gasteiger charge is -2.41. The van der Waals surface area contributed by atoms with Gasteiger partial charge >= 0.3 is 0 Å². The number of anilines is 3. The number of nitrogens with one attached hydrogen (secondary N) is 1. The Hall–Kier alpha value is -5.10. The second-order valence-electron chi connectivity index (χ2n) is 10.1. The van der Waals surface area contributed by atoms with Crippen molar-refractivity contribution in [2.24, 2.45) is 7.05 Å². The maximum Gasteiger partial charge on any atom is 0.246 e. The smallest absolute Gasteiger partial charge is 0.246 e. The molecule has 1 aliphatic rings. The van der Waals surface area contributed by atoms with E-state index >= 15 is 0 Å². The first-order chi connectivity index (χ1) is 20.4. The van der Waals surface area contributed by atoms with Crippen LogP contribution >= 0.6 is 0 Å². The highest BCUT2D eigenvalue weighted by Crippen LogP contribution is 2.31. The van der Waals surface area contributed by atoms with Crippen molar-refractivity contribution in [1.29, 1.82) is 0 Å². The second kappa shape index (κ2) is 11.4. The molecule has 0 aliphatic carbocycles. The van der Waals surface area contributed by atoms with Crippen molar-refractivity contribution < 1.29 is 14.3 Å². The van der Waals surface area contributed by atoms with E-state index in [0.717, 1.165) is 39.4 Å². The molecule has 12 heteroatoms. The van der Waals surface area contributed by atoms with Crippen LogP contribution in [0.25, 0.3) is 22.1 Å². The summed E-state index contributed by atoms with van der Waals surface area (Å²) in [6.07, 6.45) is 2.87. The van der Waals surface area contributed by atoms with E-state index in [4.69, 9.17) is 14.5 Å². The predicted octanol–water partition coefficient (Wildman–Crippen LogP) is 4.00. The normalized spacial score (nSPS) is 15.3. The highest BCUT2D eigenvalue weighted by molar-refractivity contribution is 5.89. The van der Waals surface area contributed by atoms with Crippen LogP contribution in [0.1, 0.15) is 5.56 Å². The van der Waals surface area contributed by atoms with E-state index in [1.165, 1.54) is 12.4 Å². The number of aromatic nitrogens is 6. The number of ether oxygens (including phenoxy) is 2. The van der Waals surface area contributed by atoms with Gasteiger partial charge in [-0.15, -0.1) is 5.10 Å². The largest absolute Gasteiger partial charge is 0.457 e. The lowest BCUT2D eigenvalue weighted by Crippen LogP contribution is -2.56. The van der Waals surface area contributed by atoms with Crippen molar-refractivity contribution in [3.63, 3.8) is 0 Å². The van der Waals surface area contributed by atoms with Gasteiger partial charge in [-0.3, -0.25) is 4.79 Å². The Balaban J connectivity index is 1.22. The minimum Gasteiger partial charge on any atom is -0.457 e. The summed E-state index contributed by atoms with van der Waals surface area (Å²) in [6, 6.07) is 15.3. The van der Waals surface area contributed by atoms with Crippen LogP contribution in [-0.2, 0) is 16.6 Å². The van der Waals surface area contributed by atoms with E-state index in [0.29, 0.717) is 43.3 Å². The number of hydrogen-bond acceptors (Lipinski definition) is 10. The Morgan fingerprint density at radius 3 is 2.81 bits per heavy atom. The molecule has 0 unspecified atom stereocenters. The van der Waals surface area contributed by atoms with Crippen LogP contribution in [0.3, 0.4) is 0 Å². The standard InChI is InChI=1S/C30H31N9O3/c1-5-28(40)39-13-12-38(16-21(39)17-41-4)27-11-8-23-29(34-27)30(32-18-31-23)33-20-6-10-26(19(2)14-20)42-22-7-9-25-24(15-22)35-36-37(25)3/h5-11,14-15,18,21H,1,12-13,16-17H2,2-4H3,(H,31,32,33)/t21-/m1/s1. The quantitative estimate of drug-likeness (QED) is 0.276. The van der Waals surface area contributed by atoms with Gasteiger partial charge in [0.2, 0.25) is 5.91 Å². The van der Waals surface area contributed by atoms with E-state index < -0.39 is 0 Å². The Morgan fingerprint density at radius 2 is 2.00 bits per heavy atom. The van der Waals surface area contributed by atoms with E-state index in [2.05, 4.69) is 37.1 Å². The van der Waals surface area contributed by atoms with Gasteiger partial charge in [-0.05, 0) is 61.0 Å². The van der Waals surface area contributed by atoms with Crippen LogP contribution in [0, 0.1) is 6.92 Å². The molecular weight excluding hydrogens is 534 g/mol. The summed E-state index contributed by atoms with van der Waals surface area (Å²) >= 11 is 0. The Labute approximate surface area is 242 Å². The van der Waals surface area contributed by atoms with Crippen molar-refractivity contribution in [3.05, 3.63) is 73.1 Å². The van der Waals surface area contributed by atoms with Gasteiger partial charge in [-0.1, -0.05) is 11.8 Å². The number of hydrogen-bond donors (Lipinski definition) is 1. The fourth-order valence-corrected chi connectivity index (χ4v) is 5.19. The zero-order valence-electron chi connectivity index (χ0n) is 23.7. The monoisotopic (exact) mass is 565 g/mol. The van der Waals surface area contributed by atoms with Gasteiger partial charge in [0.1, 0.15) is 34.7 Å². The van der Waals surface area contributed by atoms with Gasteiger partial charge in [-0.25, -0.2) is 19.6 Å². The highest BCUT2D eigenvalue weighted by atomic mass is 16.5. The van der Waals surface area contributed by atoms with Crippen LogP contribution in [0.15, 0.2) is 67.5 Å². The van der Waals surface area contributed by atoms with Crippen LogP contribution in [0.5, 0.6) is 11.5 Å². The zero-order chi connectivity index (χ0) is 29.2. The molecule has 0 spiro atoms. The first-order valence-electron chi connectivity index (χ1n) is 13.6. The number of benzene rings is 2. The molecule has 0 saturated carbocycles. The van der Waals surface area contributed by atoms with Gasteiger partial charge in [0.15, 0.2) is 5.82 Å². The maximum atomic E-state index is 12.4. The van der Waals surface area contributed by atoms with E-state index in [9.17, 15) is 4.79 Å². The molecule has 6 rings (SSSR count). The maximum absolute atomic E-state index is 12.4. The third-order valence-corrected chi connectivity index (χ3v) is 7.34. The summed E-state index contributed by atoms with van der Waals surface area (Å²) in [7, 11) is 3.49. The number of carbonyl (C=O) groups excluding carboxylic acids is 1. The molecule has 0 radical (unpaired) electrons. The van der Waals surface area contributed by atoms with Crippen molar-refractivity contribution in [3.8, 4) is 11.5 Å². The number of piperazine rings is 1. The average Bonchev–Trinajstić information content (AvgIpc) is 3.38. The number of methoxy groups -OCH3 is 1. The number of aryl methyl sites for hydroxylation is 2. The van der Waals surface area contributed by atoms with Gasteiger partial charge in [0.05, 0.1) is 23.7 Å². The van der Waals surface area contributed by atoms with Crippen molar-refractivity contribution in [2.45, 2.75) is 13.0 Å². The summed E-state index contributed by atoms with van der Waals surface area (Å²) in [5.74, 6) is 2.70. The highest BCUT2D eigenvalue weighted by Gasteiger charge is 2.30. The molecule has 1 fully saturated rings. The molecule has 5 aromatic rings. The first-order valence-corrected chi connectivity index (χ1v) is 13.6. The number of amides is 1. The number of pyridine rings is 1. The lowest BCUT2D eigenvalue weighted by atomic mass is 10.1. The number of fused-ring (bicyclic) bond motifs is 2. The average molecular weight is 566 g/mol. The third kappa shape index (κ3) is 5.31. The van der Waals surface area contributed by atoms with Crippen molar-refractivity contribution in [1.82, 2.24) is 34.8 Å². The van der Waals surface area contributed by atoms with Gasteiger partial charge in [0.25, 0.3) is 0 Å². The molecule has 3 aromatic heterocycles. The Kier molecular flexibility index (Phi) is 7.36. The molecule has 1 N–H and O–H groups in total. The second-order valence-corrected chi connectivity index (χ2v) is 10.1. The number of carbonyl (C=O) groups is 1. The molecule has 214 valence electrons. The first kappa shape index (κ1) is 27.1. The molecule has 2 aromatic carbocycles. The van der Waals surface area contributed by atoms with E-state index in [-0.39, 0.29) is 11.9 Å². The van der Waals surface area contributed by atoms with Crippen LogP contribution in [0.2, 0.25) is 0 Å². The minimum absolute atomic E-state index is 0.0960. The van der Waals surface area contributed by atoms with Gasteiger partial charge < -0.3 is 24.6 Å². The predicted molar refractivity (Wildman–Crippen MR) is 160 cm³/mol. The van der Waals surface area contributed by atoms with E-state index in [1.54, 1.807) is 16.7 Å². The lowest BCUT2D eigenvalue weighted by molar-refractivity contribution is -0.129. The summed E-state index contributed by atoms with van der Waals surface area (Å²) < 4.78 is 13.3. The summed E-state index contributed by atoms with van der Waals surface area (Å²) in [4.78, 5) is 30.2. The van der Waals surface area contributed by atoms with Crippen LogP contribution < -0.4 is 15.0 Å². The van der Waals surface area contributed by atoms with Gasteiger partial charge in [0, 0.05) is 45.5 Å². The third-order valence-electron chi connectivity index (χ3n) is 7.34. The summed E-state index contributed by atoms with van der Waals surface area (Å²) in [6.45, 7) is 7.83. The molecule has 1 saturated heterocycles. The molecular formula is C30H31N9O3. The number of rotatable bonds is 8. The molecule has 1 amide bonds. The van der Waals surface area contributed by atoms with E-state index in [1.807, 2.05) is 62.5 Å². The zero-order valence-corrected chi connectivity index (χ0v) is 23.7. The van der Waals surface area contributed by atoms with Crippen LogP contribution in [0.4, 0.5) is 17.3 Å². The fourth-order valence-electron chi connectivity index (χ4n) is 5.19. The summed E-state index contributed by atoms with van der Waals surface area (Å²) in [5, 5.41) is 11.6. The topological polar surface area (TPSA) is 123 Å².